The van der Waals surface area contributed by atoms with Crippen molar-refractivity contribution >= 4 is 5.97 Å². The van der Waals surface area contributed by atoms with E-state index in [0.717, 1.165) is 11.1 Å². The molecule has 0 spiro atoms. The van der Waals surface area contributed by atoms with Crippen molar-refractivity contribution in [3.05, 3.63) is 59.9 Å². The molecule has 0 fully saturated rings. The fourth-order valence-corrected chi connectivity index (χ4v) is 3.01. The van der Waals surface area contributed by atoms with Gasteiger partial charge in [-0.25, -0.2) is 4.39 Å². The first-order valence-corrected chi connectivity index (χ1v) is 8.29. The number of carboxylic acids is 1. The van der Waals surface area contributed by atoms with Gasteiger partial charge in [-0.3, -0.25) is 4.79 Å². The van der Waals surface area contributed by atoms with Gasteiger partial charge >= 0.3 is 5.97 Å². The van der Waals surface area contributed by atoms with Crippen LogP contribution in [0.4, 0.5) is 4.39 Å². The highest BCUT2D eigenvalue weighted by Crippen LogP contribution is 2.29. The van der Waals surface area contributed by atoms with Crippen molar-refractivity contribution in [2.45, 2.75) is 32.2 Å². The number of hydrogen-bond acceptors (Lipinski definition) is 3. The number of hydrogen-bond donors (Lipinski definition) is 3. The lowest BCUT2D eigenvalue weighted by Gasteiger charge is -2.27. The van der Waals surface area contributed by atoms with E-state index < -0.39 is 11.4 Å². The SMILES string of the molecule is C[C@@](CCO)(C[C@H](N)Cc1ccc(-c2ccccc2F)cc1)C(=O)O. The van der Waals surface area contributed by atoms with Crippen LogP contribution in [0.5, 0.6) is 0 Å². The Morgan fingerprint density at radius 3 is 2.40 bits per heavy atom. The summed E-state index contributed by atoms with van der Waals surface area (Å²) in [5, 5.41) is 18.4. The second-order valence-electron chi connectivity index (χ2n) is 6.68. The normalized spacial score (nSPS) is 14.7. The van der Waals surface area contributed by atoms with Crippen LogP contribution in [-0.2, 0) is 11.2 Å². The van der Waals surface area contributed by atoms with Crippen LogP contribution in [0.3, 0.4) is 0 Å². The van der Waals surface area contributed by atoms with Gasteiger partial charge in [0, 0.05) is 18.2 Å². The molecule has 0 radical (unpaired) electrons. The molecule has 134 valence electrons. The molecule has 0 amide bonds. The number of carboxylic acid groups (broad SMARTS) is 1. The Kier molecular flexibility index (Phi) is 6.28. The maximum absolute atomic E-state index is 13.8. The topological polar surface area (TPSA) is 83.5 Å². The molecule has 2 rings (SSSR count). The van der Waals surface area contributed by atoms with Gasteiger partial charge in [0.25, 0.3) is 0 Å². The van der Waals surface area contributed by atoms with E-state index in [1.807, 2.05) is 24.3 Å². The second kappa shape index (κ2) is 8.23. The summed E-state index contributed by atoms with van der Waals surface area (Å²) < 4.78 is 13.8. The molecular formula is C20H24FNO3. The zero-order chi connectivity index (χ0) is 18.4. The zero-order valence-corrected chi connectivity index (χ0v) is 14.3. The van der Waals surface area contributed by atoms with Crippen LogP contribution in [0.15, 0.2) is 48.5 Å². The van der Waals surface area contributed by atoms with Gasteiger partial charge in [-0.05, 0) is 43.4 Å². The lowest BCUT2D eigenvalue weighted by molar-refractivity contribution is -0.149. The number of rotatable bonds is 8. The van der Waals surface area contributed by atoms with Gasteiger partial charge in [-0.15, -0.1) is 0 Å². The molecule has 0 aliphatic heterocycles. The van der Waals surface area contributed by atoms with Crippen molar-refractivity contribution in [1.29, 1.82) is 0 Å². The molecule has 2 aromatic rings. The van der Waals surface area contributed by atoms with Crippen LogP contribution in [0, 0.1) is 11.2 Å². The van der Waals surface area contributed by atoms with Gasteiger partial charge in [0.2, 0.25) is 0 Å². The van der Waals surface area contributed by atoms with Crippen LogP contribution in [-0.4, -0.2) is 28.8 Å². The highest BCUT2D eigenvalue weighted by molar-refractivity contribution is 5.74. The summed E-state index contributed by atoms with van der Waals surface area (Å²) >= 11 is 0. The Bertz CT molecular complexity index is 717. The van der Waals surface area contributed by atoms with Crippen molar-refractivity contribution in [2.75, 3.05) is 6.61 Å². The first kappa shape index (κ1) is 19.1. The molecular weight excluding hydrogens is 321 g/mol. The number of carbonyl (C=O) groups is 1. The van der Waals surface area contributed by atoms with Gasteiger partial charge < -0.3 is 15.9 Å². The maximum Gasteiger partial charge on any atom is 0.309 e. The fraction of sp³-hybridized carbons (Fsp3) is 0.350. The number of aliphatic hydroxyl groups is 1. The Balaban J connectivity index is 2.06. The number of nitrogens with two attached hydrogens (primary N) is 1. The molecule has 0 aromatic heterocycles. The van der Waals surface area contributed by atoms with E-state index >= 15 is 0 Å². The van der Waals surface area contributed by atoms with Crippen LogP contribution in [0.1, 0.15) is 25.3 Å². The number of benzene rings is 2. The third-order valence-electron chi connectivity index (χ3n) is 4.53. The first-order valence-electron chi connectivity index (χ1n) is 8.29. The minimum atomic E-state index is -1.04. The molecule has 4 nitrogen and oxygen atoms in total. The van der Waals surface area contributed by atoms with Crippen LogP contribution in [0.2, 0.25) is 0 Å². The van der Waals surface area contributed by atoms with Crippen LogP contribution in [0.25, 0.3) is 11.1 Å². The summed E-state index contributed by atoms with van der Waals surface area (Å²) in [4.78, 5) is 11.4. The molecule has 0 saturated carbocycles. The molecule has 4 N–H and O–H groups in total. The minimum absolute atomic E-state index is 0.169. The third kappa shape index (κ3) is 4.87. The average molecular weight is 345 g/mol. The number of halogens is 1. The van der Waals surface area contributed by atoms with Crippen molar-refractivity contribution in [3.63, 3.8) is 0 Å². The minimum Gasteiger partial charge on any atom is -0.481 e. The second-order valence-corrected chi connectivity index (χ2v) is 6.68. The molecule has 25 heavy (non-hydrogen) atoms. The number of aliphatic carboxylic acids is 1. The van der Waals surface area contributed by atoms with Crippen molar-refractivity contribution in [1.82, 2.24) is 0 Å². The Morgan fingerprint density at radius 2 is 1.84 bits per heavy atom. The van der Waals surface area contributed by atoms with E-state index in [2.05, 4.69) is 0 Å². The predicted octanol–water partition coefficient (Wildman–Crippen LogP) is 3.23. The van der Waals surface area contributed by atoms with Gasteiger partial charge in [0.1, 0.15) is 5.82 Å². The predicted molar refractivity (Wildman–Crippen MR) is 95.6 cm³/mol. The average Bonchev–Trinajstić information content (AvgIpc) is 2.56. The van der Waals surface area contributed by atoms with Crippen LogP contribution < -0.4 is 5.73 Å². The van der Waals surface area contributed by atoms with E-state index in [-0.39, 0.29) is 31.3 Å². The highest BCUT2D eigenvalue weighted by Gasteiger charge is 2.34. The lowest BCUT2D eigenvalue weighted by Crippen LogP contribution is -2.37. The van der Waals surface area contributed by atoms with Crippen LogP contribution >= 0.6 is 0 Å². The van der Waals surface area contributed by atoms with Gasteiger partial charge in [-0.2, -0.15) is 0 Å². The lowest BCUT2D eigenvalue weighted by atomic mass is 9.79. The summed E-state index contributed by atoms with van der Waals surface area (Å²) in [6.45, 7) is 1.42. The van der Waals surface area contributed by atoms with Gasteiger partial charge in [0.05, 0.1) is 5.41 Å². The molecule has 0 bridgehead atoms. The Labute approximate surface area is 147 Å². The molecule has 0 saturated heterocycles. The molecule has 0 heterocycles. The third-order valence-corrected chi connectivity index (χ3v) is 4.53. The Hall–Kier alpha value is -2.24. The molecule has 0 unspecified atom stereocenters. The standard InChI is InChI=1S/C20H24FNO3/c1-20(10-11-23,19(24)25)13-16(22)12-14-6-8-15(9-7-14)17-4-2-3-5-18(17)21/h2-9,16,23H,10-13,22H2,1H3,(H,24,25)/t16-,20-/m1/s1. The molecule has 5 heteroatoms. The van der Waals surface area contributed by atoms with Crippen molar-refractivity contribution in [2.24, 2.45) is 11.1 Å². The van der Waals surface area contributed by atoms with E-state index in [4.69, 9.17) is 10.8 Å². The summed E-state index contributed by atoms with van der Waals surface area (Å²) in [6.07, 6.45) is 0.964. The van der Waals surface area contributed by atoms with Crippen molar-refractivity contribution in [3.8, 4) is 11.1 Å². The monoisotopic (exact) mass is 345 g/mol. The van der Waals surface area contributed by atoms with E-state index in [0.29, 0.717) is 12.0 Å². The maximum atomic E-state index is 13.8. The Morgan fingerprint density at radius 1 is 1.20 bits per heavy atom. The highest BCUT2D eigenvalue weighted by atomic mass is 19.1. The summed E-state index contributed by atoms with van der Waals surface area (Å²) in [5.74, 6) is -1.22. The number of aliphatic hydroxyl groups excluding tert-OH is 1. The van der Waals surface area contributed by atoms with Crippen molar-refractivity contribution < 1.29 is 19.4 Å². The summed E-state index contributed by atoms with van der Waals surface area (Å²) in [5.41, 5.74) is 7.37. The van der Waals surface area contributed by atoms with E-state index in [9.17, 15) is 14.3 Å². The molecule has 2 aromatic carbocycles. The summed E-state index contributed by atoms with van der Waals surface area (Å²) in [6, 6.07) is 13.7. The smallest absolute Gasteiger partial charge is 0.309 e. The largest absolute Gasteiger partial charge is 0.481 e. The molecule has 0 aliphatic carbocycles. The zero-order valence-electron chi connectivity index (χ0n) is 14.3. The quantitative estimate of drug-likeness (QED) is 0.686. The first-order chi connectivity index (χ1) is 11.9. The molecule has 0 aliphatic rings. The van der Waals surface area contributed by atoms with E-state index in [1.54, 1.807) is 25.1 Å². The fourth-order valence-electron chi connectivity index (χ4n) is 3.01. The summed E-state index contributed by atoms with van der Waals surface area (Å²) in [7, 11) is 0. The van der Waals surface area contributed by atoms with Gasteiger partial charge in [-0.1, -0.05) is 42.5 Å². The van der Waals surface area contributed by atoms with E-state index in [1.165, 1.54) is 6.07 Å². The molecule has 2 atom stereocenters. The van der Waals surface area contributed by atoms with Gasteiger partial charge in [0.15, 0.2) is 0 Å².